The van der Waals surface area contributed by atoms with Crippen LogP contribution in [-0.2, 0) is 16.2 Å². The predicted molar refractivity (Wildman–Crippen MR) is 170 cm³/mol. The lowest BCUT2D eigenvalue weighted by atomic mass is 9.75. The van der Waals surface area contributed by atoms with Crippen LogP contribution in [0.2, 0.25) is 0 Å². The van der Waals surface area contributed by atoms with Gasteiger partial charge in [-0.25, -0.2) is 0 Å². The van der Waals surface area contributed by atoms with Crippen molar-refractivity contribution in [3.8, 4) is 0 Å². The Bertz CT molecular complexity index is 1280. The molecule has 4 rings (SSSR count). The van der Waals surface area contributed by atoms with E-state index in [4.69, 9.17) is 0 Å². The van der Waals surface area contributed by atoms with Gasteiger partial charge in [0.15, 0.2) is 0 Å². The summed E-state index contributed by atoms with van der Waals surface area (Å²) in [6.07, 6.45) is 4.66. The van der Waals surface area contributed by atoms with Crippen LogP contribution < -0.4 is 5.30 Å². The van der Waals surface area contributed by atoms with Crippen LogP contribution in [0, 0.1) is 0 Å². The molecule has 37 heavy (non-hydrogen) atoms. The number of benzene rings is 3. The molecule has 2 heteroatoms. The van der Waals surface area contributed by atoms with E-state index in [-0.39, 0.29) is 16.2 Å². The Kier molecular flexibility index (Phi) is 7.81. The van der Waals surface area contributed by atoms with Crippen LogP contribution in [0.5, 0.6) is 0 Å². The van der Waals surface area contributed by atoms with Crippen LogP contribution in [0.1, 0.15) is 90.1 Å². The van der Waals surface area contributed by atoms with Crippen molar-refractivity contribution in [2.24, 2.45) is 0 Å². The Morgan fingerprint density at radius 2 is 1.05 bits per heavy atom. The molecule has 0 radical (unpaired) electrons. The molecule has 0 nitrogen and oxygen atoms in total. The molecule has 0 saturated carbocycles. The summed E-state index contributed by atoms with van der Waals surface area (Å²) in [5.41, 5.74) is 8.44. The number of allylic oxidation sites excluding steroid dienone is 1. The molecule has 0 saturated heterocycles. The summed E-state index contributed by atoms with van der Waals surface area (Å²) in [4.78, 5) is 1.32. The Labute approximate surface area is 231 Å². The van der Waals surface area contributed by atoms with Crippen molar-refractivity contribution < 1.29 is 0 Å². The largest absolute Gasteiger partial charge is 0.0844 e. The second-order valence-electron chi connectivity index (χ2n) is 13.0. The zero-order valence-corrected chi connectivity index (χ0v) is 25.6. The topological polar surface area (TPSA) is 0 Å². The average molecular weight is 525 g/mol. The molecule has 0 spiro atoms. The molecule has 3 aromatic rings. The monoisotopic (exact) mass is 524 g/mol. The van der Waals surface area contributed by atoms with E-state index in [2.05, 4.69) is 147 Å². The van der Waals surface area contributed by atoms with E-state index < -0.39 is 0 Å². The van der Waals surface area contributed by atoms with Crippen molar-refractivity contribution in [3.05, 3.63) is 118 Å². The van der Waals surface area contributed by atoms with Gasteiger partial charge in [-0.1, -0.05) is 155 Å². The quantitative estimate of drug-likeness (QED) is 0.307. The Hall–Kier alpha value is -2.34. The van der Waals surface area contributed by atoms with E-state index in [0.29, 0.717) is 0 Å². The third kappa shape index (κ3) is 6.39. The molecule has 0 aromatic heterocycles. The Balaban J connectivity index is 1.89. The second-order valence-corrected chi connectivity index (χ2v) is 15.6. The normalized spacial score (nSPS) is 15.5. The van der Waals surface area contributed by atoms with Crippen molar-refractivity contribution in [2.75, 3.05) is 0 Å². The minimum atomic E-state index is 0.0645. The van der Waals surface area contributed by atoms with E-state index in [0.717, 1.165) is 0 Å². The van der Waals surface area contributed by atoms with Crippen molar-refractivity contribution in [1.29, 1.82) is 0 Å². The standard InChI is InChI=1S/C35H41PS/c1-33(2,3)26-22-27(34(4,5)6)32(28(23-26)35(7,8)9)36-30-21-20-29(37-30)31(24-16-12-10-13-17-24)25-18-14-11-15-19-25/h10-23H,1-9H3. The molecule has 0 amide bonds. The maximum atomic E-state index is 2.48. The minimum absolute atomic E-state index is 0.0645. The van der Waals surface area contributed by atoms with Crippen LogP contribution in [0.4, 0.5) is 0 Å². The third-order valence-corrected chi connectivity index (χ3v) is 9.31. The summed E-state index contributed by atoms with van der Waals surface area (Å²) < 4.78 is 1.39. The van der Waals surface area contributed by atoms with Crippen LogP contribution >= 0.6 is 20.0 Å². The van der Waals surface area contributed by atoms with Crippen molar-refractivity contribution >= 4 is 35.5 Å². The summed E-state index contributed by atoms with van der Waals surface area (Å²) in [6.45, 7) is 21.1. The van der Waals surface area contributed by atoms with Gasteiger partial charge >= 0.3 is 0 Å². The zero-order valence-electron chi connectivity index (χ0n) is 23.9. The lowest BCUT2D eigenvalue weighted by Gasteiger charge is -2.32. The zero-order chi connectivity index (χ0) is 27.0. The number of rotatable bonds is 3. The first kappa shape index (κ1) is 27.7. The van der Waals surface area contributed by atoms with E-state index >= 15 is 0 Å². The van der Waals surface area contributed by atoms with Gasteiger partial charge < -0.3 is 0 Å². The highest BCUT2D eigenvalue weighted by Crippen LogP contribution is 2.41. The van der Waals surface area contributed by atoms with E-state index in [1.807, 2.05) is 11.8 Å². The minimum Gasteiger partial charge on any atom is -0.0844 e. The SMILES string of the molecule is CC(C)(C)c1cc(C(C)(C)C)c(P=C2C=CC(=C(c3ccccc3)c3ccccc3)S2)c(C(C)(C)C)c1. The molecule has 1 heterocycles. The van der Waals surface area contributed by atoms with Gasteiger partial charge in [-0.05, 0) is 56.2 Å². The highest BCUT2D eigenvalue weighted by Gasteiger charge is 2.29. The summed E-state index contributed by atoms with van der Waals surface area (Å²) in [7, 11) is 1.29. The van der Waals surface area contributed by atoms with Gasteiger partial charge in [-0.2, -0.15) is 0 Å². The molecule has 0 N–H and O–H groups in total. The summed E-state index contributed by atoms with van der Waals surface area (Å²) in [6, 6.07) is 26.6. The fourth-order valence-corrected chi connectivity index (χ4v) is 7.62. The second kappa shape index (κ2) is 10.4. The number of hydrogen-bond donors (Lipinski definition) is 0. The highest BCUT2D eigenvalue weighted by atomic mass is 32.2. The molecule has 3 aromatic carbocycles. The third-order valence-electron chi connectivity index (χ3n) is 6.78. The van der Waals surface area contributed by atoms with E-state index in [9.17, 15) is 0 Å². The Morgan fingerprint density at radius 3 is 1.46 bits per heavy atom. The van der Waals surface area contributed by atoms with Gasteiger partial charge in [0, 0.05) is 20.4 Å². The van der Waals surface area contributed by atoms with Crippen LogP contribution in [0.3, 0.4) is 0 Å². The first-order valence-corrected chi connectivity index (χ1v) is 15.0. The van der Waals surface area contributed by atoms with Crippen LogP contribution in [0.15, 0.2) is 89.9 Å². The lowest BCUT2D eigenvalue weighted by molar-refractivity contribution is 0.554. The molecule has 192 valence electrons. The number of hydrogen-bond acceptors (Lipinski definition) is 1. The number of thioether (sulfide) groups is 1. The van der Waals surface area contributed by atoms with Crippen molar-refractivity contribution in [3.63, 3.8) is 0 Å². The van der Waals surface area contributed by atoms with Crippen LogP contribution in [-0.4, -0.2) is 4.63 Å². The molecule has 1 aliphatic heterocycles. The molecule has 0 bridgehead atoms. The van der Waals surface area contributed by atoms with Crippen molar-refractivity contribution in [1.82, 2.24) is 0 Å². The lowest BCUT2D eigenvalue weighted by Crippen LogP contribution is -2.30. The molecule has 0 aliphatic carbocycles. The van der Waals surface area contributed by atoms with Crippen molar-refractivity contribution in [2.45, 2.75) is 78.6 Å². The summed E-state index contributed by atoms with van der Waals surface area (Å²) in [5, 5.41) is 1.47. The molecular formula is C35H41PS. The maximum absolute atomic E-state index is 2.48. The molecule has 0 unspecified atom stereocenters. The fourth-order valence-electron chi connectivity index (χ4n) is 4.62. The smallest absolute Gasteiger partial charge is 0.0401 e. The summed E-state index contributed by atoms with van der Waals surface area (Å²) >= 11 is 1.92. The van der Waals surface area contributed by atoms with Gasteiger partial charge in [0.05, 0.1) is 0 Å². The van der Waals surface area contributed by atoms with E-state index in [1.54, 1.807) is 0 Å². The van der Waals surface area contributed by atoms with Gasteiger partial charge in [0.2, 0.25) is 0 Å². The molecule has 0 atom stereocenters. The van der Waals surface area contributed by atoms with Gasteiger partial charge in [0.25, 0.3) is 0 Å². The highest BCUT2D eigenvalue weighted by molar-refractivity contribution is 8.23. The molecule has 0 fully saturated rings. The summed E-state index contributed by atoms with van der Waals surface area (Å²) in [5.74, 6) is 0. The molecule has 1 aliphatic rings. The fraction of sp³-hybridized carbons (Fsp3) is 0.343. The van der Waals surface area contributed by atoms with Gasteiger partial charge in [-0.3, -0.25) is 0 Å². The Morgan fingerprint density at radius 1 is 0.595 bits per heavy atom. The average Bonchev–Trinajstić information content (AvgIpc) is 3.26. The first-order valence-electron chi connectivity index (χ1n) is 13.2. The van der Waals surface area contributed by atoms with E-state index in [1.165, 1.54) is 56.4 Å². The van der Waals surface area contributed by atoms with Gasteiger partial charge in [0.1, 0.15) is 0 Å². The van der Waals surface area contributed by atoms with Gasteiger partial charge in [-0.15, -0.1) is 0 Å². The predicted octanol–water partition coefficient (Wildman–Crippen LogP) is 10.0. The first-order chi connectivity index (χ1) is 17.2. The molecular weight excluding hydrogens is 483 g/mol. The van der Waals surface area contributed by atoms with Crippen LogP contribution in [0.25, 0.3) is 5.57 Å². The maximum Gasteiger partial charge on any atom is 0.0401 e.